The Hall–Kier alpha value is -3.80. The SMILES string of the molecule is CC(=O)O/C(=C(/C(C)C)N1CCC[C@H]1C(=O)NC(=O)[C@@H](NC(=O)c1ccc(C(=O)N2CCOCC2)cc1)C(C)C)C(C)F. The van der Waals surface area contributed by atoms with Crippen molar-refractivity contribution in [2.45, 2.75) is 72.6 Å². The summed E-state index contributed by atoms with van der Waals surface area (Å²) in [6.45, 7) is 12.0. The van der Waals surface area contributed by atoms with Gasteiger partial charge < -0.3 is 24.6 Å². The number of carbonyl (C=O) groups excluding carboxylic acids is 5. The summed E-state index contributed by atoms with van der Waals surface area (Å²) in [5.41, 5.74) is 1.10. The van der Waals surface area contributed by atoms with Gasteiger partial charge in [0.25, 0.3) is 11.8 Å². The molecule has 1 aromatic carbocycles. The second-order valence-electron chi connectivity index (χ2n) is 11.5. The zero-order chi connectivity index (χ0) is 31.8. The average Bonchev–Trinajstić information content (AvgIpc) is 3.44. The number of rotatable bonds is 10. The predicted octanol–water partition coefficient (Wildman–Crippen LogP) is 2.81. The van der Waals surface area contributed by atoms with Gasteiger partial charge in [-0.15, -0.1) is 0 Å². The second kappa shape index (κ2) is 15.1. The molecule has 0 aromatic heterocycles. The van der Waals surface area contributed by atoms with Crippen LogP contribution in [-0.4, -0.2) is 90.5 Å². The zero-order valence-corrected chi connectivity index (χ0v) is 25.8. The van der Waals surface area contributed by atoms with Gasteiger partial charge >= 0.3 is 5.97 Å². The summed E-state index contributed by atoms with van der Waals surface area (Å²) in [6, 6.07) is 4.36. The largest absolute Gasteiger partial charge is 0.426 e. The van der Waals surface area contributed by atoms with E-state index in [2.05, 4.69) is 10.6 Å². The van der Waals surface area contributed by atoms with Gasteiger partial charge in [0.1, 0.15) is 12.1 Å². The molecule has 0 saturated carbocycles. The lowest BCUT2D eigenvalue weighted by Crippen LogP contribution is -2.54. The molecule has 4 amide bonds. The Balaban J connectivity index is 1.71. The van der Waals surface area contributed by atoms with E-state index in [0.29, 0.717) is 57.0 Å². The van der Waals surface area contributed by atoms with Gasteiger partial charge in [-0.05, 0) is 55.9 Å². The number of hydrogen-bond acceptors (Lipinski definition) is 8. The number of allylic oxidation sites excluding steroid dienone is 2. The highest BCUT2D eigenvalue weighted by molar-refractivity contribution is 6.03. The smallest absolute Gasteiger partial charge is 0.307 e. The number of nitrogens with one attached hydrogen (secondary N) is 2. The predicted molar refractivity (Wildman–Crippen MR) is 156 cm³/mol. The van der Waals surface area contributed by atoms with E-state index in [0.717, 1.165) is 0 Å². The van der Waals surface area contributed by atoms with E-state index in [4.69, 9.17) is 9.47 Å². The van der Waals surface area contributed by atoms with Crippen molar-refractivity contribution in [2.24, 2.45) is 11.8 Å². The first-order valence-corrected chi connectivity index (χ1v) is 14.8. The highest BCUT2D eigenvalue weighted by atomic mass is 19.1. The van der Waals surface area contributed by atoms with Gasteiger partial charge in [0.15, 0.2) is 11.9 Å². The lowest BCUT2D eigenvalue weighted by Gasteiger charge is -2.33. The van der Waals surface area contributed by atoms with Crippen molar-refractivity contribution in [3.8, 4) is 0 Å². The molecule has 3 rings (SSSR count). The van der Waals surface area contributed by atoms with Crippen LogP contribution in [0.2, 0.25) is 0 Å². The monoisotopic (exact) mass is 602 g/mol. The van der Waals surface area contributed by atoms with Crippen LogP contribution < -0.4 is 10.6 Å². The number of alkyl halides is 1. The Bertz CT molecular complexity index is 1220. The van der Waals surface area contributed by atoms with Crippen LogP contribution in [0.25, 0.3) is 0 Å². The lowest BCUT2D eigenvalue weighted by atomic mass is 10.0. The van der Waals surface area contributed by atoms with Gasteiger partial charge in [0.2, 0.25) is 11.8 Å². The van der Waals surface area contributed by atoms with Crippen molar-refractivity contribution in [3.05, 3.63) is 46.8 Å². The Morgan fingerprint density at radius 2 is 1.56 bits per heavy atom. The number of halogens is 1. The topological polar surface area (TPSA) is 134 Å². The number of carbonyl (C=O) groups is 5. The Kier molecular flexibility index (Phi) is 11.8. The number of morpholine rings is 1. The Labute approximate surface area is 252 Å². The summed E-state index contributed by atoms with van der Waals surface area (Å²) < 4.78 is 25.1. The van der Waals surface area contributed by atoms with Gasteiger partial charge in [0, 0.05) is 37.7 Å². The van der Waals surface area contributed by atoms with Gasteiger partial charge in [-0.3, -0.25) is 29.3 Å². The van der Waals surface area contributed by atoms with E-state index in [1.807, 2.05) is 13.8 Å². The molecule has 1 unspecified atom stereocenters. The number of amides is 4. The molecule has 2 heterocycles. The van der Waals surface area contributed by atoms with Crippen molar-refractivity contribution in [3.63, 3.8) is 0 Å². The number of esters is 1. The summed E-state index contributed by atoms with van der Waals surface area (Å²) in [7, 11) is 0. The molecule has 12 heteroatoms. The van der Waals surface area contributed by atoms with Gasteiger partial charge in [-0.25, -0.2) is 4.39 Å². The standard InChI is InChI=1S/C31H43FN4O7/c1-18(2)25(33-28(38)22-9-11-23(12-10-22)31(41)35-14-16-42-17-15-35)30(40)34-29(39)24-8-7-13-36(24)26(19(3)4)27(20(5)32)43-21(6)37/h9-12,18-20,24-25H,7-8,13-17H2,1-6H3,(H,33,38)(H,34,39,40)/b27-26-/t20?,24-,25-/m0/s1. The fraction of sp³-hybridized carbons (Fsp3) is 0.581. The molecule has 0 radical (unpaired) electrons. The van der Waals surface area contributed by atoms with E-state index >= 15 is 0 Å². The van der Waals surface area contributed by atoms with Crippen molar-refractivity contribution in [2.75, 3.05) is 32.8 Å². The van der Waals surface area contributed by atoms with Crippen LogP contribution >= 0.6 is 0 Å². The van der Waals surface area contributed by atoms with E-state index in [9.17, 15) is 28.4 Å². The summed E-state index contributed by atoms with van der Waals surface area (Å²) in [4.78, 5) is 67.5. The van der Waals surface area contributed by atoms with Crippen LogP contribution in [0.3, 0.4) is 0 Å². The minimum atomic E-state index is -1.58. The van der Waals surface area contributed by atoms with Gasteiger partial charge in [-0.1, -0.05) is 27.7 Å². The zero-order valence-electron chi connectivity index (χ0n) is 25.8. The van der Waals surface area contributed by atoms with Gasteiger partial charge in [0.05, 0.1) is 18.9 Å². The fourth-order valence-electron chi connectivity index (χ4n) is 5.33. The van der Waals surface area contributed by atoms with Crippen LogP contribution in [0.1, 0.15) is 75.1 Å². The molecular formula is C31H43FN4O7. The van der Waals surface area contributed by atoms with Crippen LogP contribution in [0.4, 0.5) is 4.39 Å². The number of nitrogens with zero attached hydrogens (tertiary/aromatic N) is 2. The Morgan fingerprint density at radius 3 is 2.09 bits per heavy atom. The maximum atomic E-state index is 14.6. The van der Waals surface area contributed by atoms with Crippen LogP contribution in [0.15, 0.2) is 35.7 Å². The molecule has 0 aliphatic carbocycles. The maximum absolute atomic E-state index is 14.6. The summed E-state index contributed by atoms with van der Waals surface area (Å²) >= 11 is 0. The van der Waals surface area contributed by atoms with Crippen molar-refractivity contribution < 1.29 is 37.8 Å². The highest BCUT2D eigenvalue weighted by Gasteiger charge is 2.38. The molecule has 2 fully saturated rings. The quantitative estimate of drug-likeness (QED) is 0.309. The molecule has 11 nitrogen and oxygen atoms in total. The van der Waals surface area contributed by atoms with E-state index in [1.165, 1.54) is 26.0 Å². The van der Waals surface area contributed by atoms with Crippen LogP contribution in [-0.2, 0) is 23.9 Å². The molecule has 0 bridgehead atoms. The highest BCUT2D eigenvalue weighted by Crippen LogP contribution is 2.31. The first-order valence-electron chi connectivity index (χ1n) is 14.8. The van der Waals surface area contributed by atoms with Crippen LogP contribution in [0, 0.1) is 11.8 Å². The molecule has 43 heavy (non-hydrogen) atoms. The van der Waals surface area contributed by atoms with E-state index in [-0.39, 0.29) is 29.1 Å². The average molecular weight is 603 g/mol. The number of benzene rings is 1. The van der Waals surface area contributed by atoms with E-state index < -0.39 is 41.9 Å². The maximum Gasteiger partial charge on any atom is 0.307 e. The minimum Gasteiger partial charge on any atom is -0.426 e. The number of ether oxygens (including phenoxy) is 2. The first kappa shape index (κ1) is 33.7. The summed E-state index contributed by atoms with van der Waals surface area (Å²) in [5.74, 6) is -3.36. The molecule has 2 saturated heterocycles. The third kappa shape index (κ3) is 8.62. The molecule has 2 aliphatic rings. The summed E-state index contributed by atoms with van der Waals surface area (Å²) in [5, 5.41) is 5.14. The first-order chi connectivity index (χ1) is 20.3. The van der Waals surface area contributed by atoms with Crippen molar-refractivity contribution in [1.82, 2.24) is 20.4 Å². The fourth-order valence-corrected chi connectivity index (χ4v) is 5.33. The number of hydrogen-bond donors (Lipinski definition) is 2. The number of imide groups is 1. The Morgan fingerprint density at radius 1 is 0.953 bits per heavy atom. The lowest BCUT2D eigenvalue weighted by molar-refractivity contribution is -0.138. The van der Waals surface area contributed by atoms with Gasteiger partial charge in [-0.2, -0.15) is 0 Å². The third-order valence-corrected chi connectivity index (χ3v) is 7.45. The summed E-state index contributed by atoms with van der Waals surface area (Å²) in [6.07, 6.45) is -0.554. The molecule has 2 N–H and O–H groups in total. The molecule has 1 aromatic rings. The number of likely N-dealkylation sites (tertiary alicyclic amines) is 1. The third-order valence-electron chi connectivity index (χ3n) is 7.45. The van der Waals surface area contributed by atoms with Crippen molar-refractivity contribution in [1.29, 1.82) is 0 Å². The van der Waals surface area contributed by atoms with E-state index in [1.54, 1.807) is 35.8 Å². The van der Waals surface area contributed by atoms with Crippen molar-refractivity contribution >= 4 is 29.6 Å². The molecular weight excluding hydrogens is 559 g/mol. The molecule has 0 spiro atoms. The second-order valence-corrected chi connectivity index (χ2v) is 11.5. The molecule has 236 valence electrons. The molecule has 2 aliphatic heterocycles. The minimum absolute atomic E-state index is 0.140. The van der Waals surface area contributed by atoms with Crippen LogP contribution in [0.5, 0.6) is 0 Å². The molecule has 3 atom stereocenters. The normalized spacial score (nSPS) is 19.0.